The van der Waals surface area contributed by atoms with Gasteiger partial charge in [-0.2, -0.15) is 0 Å². The van der Waals surface area contributed by atoms with Gasteiger partial charge in [0.25, 0.3) is 0 Å². The summed E-state index contributed by atoms with van der Waals surface area (Å²) in [6.07, 6.45) is 2.22. The minimum absolute atomic E-state index is 0.117. The van der Waals surface area contributed by atoms with Gasteiger partial charge < -0.3 is 15.4 Å². The number of hydrogen-bond donors (Lipinski definition) is 2. The maximum Gasteiger partial charge on any atom is 0.315 e. The standard InChI is InChI=1S/C15H22N2O2/c1-11(2)19-10-9-16-15(18)17-14-8-7-12-5-3-4-6-13(12)14/h3-6,11,14H,7-10H2,1-2H3,(H2,16,17,18)/t14-/m0/s1. The number of amides is 2. The first-order chi connectivity index (χ1) is 9.16. The molecule has 1 aromatic rings. The van der Waals surface area contributed by atoms with E-state index in [2.05, 4.69) is 22.8 Å². The third kappa shape index (κ3) is 3.96. The highest BCUT2D eigenvalue weighted by atomic mass is 16.5. The lowest BCUT2D eigenvalue weighted by Gasteiger charge is -2.15. The monoisotopic (exact) mass is 262 g/mol. The number of aryl methyl sites for hydroxylation is 1. The van der Waals surface area contributed by atoms with Crippen molar-refractivity contribution in [3.05, 3.63) is 35.4 Å². The molecule has 2 N–H and O–H groups in total. The lowest BCUT2D eigenvalue weighted by molar-refractivity contribution is 0.0817. The number of hydrogen-bond acceptors (Lipinski definition) is 2. The number of fused-ring (bicyclic) bond motifs is 1. The Bertz CT molecular complexity index is 432. The maximum absolute atomic E-state index is 11.8. The van der Waals surface area contributed by atoms with Crippen LogP contribution in [0.15, 0.2) is 24.3 Å². The summed E-state index contributed by atoms with van der Waals surface area (Å²) >= 11 is 0. The van der Waals surface area contributed by atoms with Gasteiger partial charge in [-0.05, 0) is 37.8 Å². The van der Waals surface area contributed by atoms with Crippen LogP contribution in [0.2, 0.25) is 0 Å². The van der Waals surface area contributed by atoms with E-state index in [-0.39, 0.29) is 18.2 Å². The molecule has 1 aliphatic rings. The van der Waals surface area contributed by atoms with Gasteiger partial charge in [0, 0.05) is 6.54 Å². The van der Waals surface area contributed by atoms with E-state index in [4.69, 9.17) is 4.74 Å². The molecular formula is C15H22N2O2. The normalized spacial score (nSPS) is 17.3. The molecule has 1 aliphatic carbocycles. The van der Waals surface area contributed by atoms with Gasteiger partial charge in [0.15, 0.2) is 0 Å². The van der Waals surface area contributed by atoms with Gasteiger partial charge in [-0.1, -0.05) is 24.3 Å². The van der Waals surface area contributed by atoms with Crippen LogP contribution in [0.4, 0.5) is 4.79 Å². The van der Waals surface area contributed by atoms with Crippen molar-refractivity contribution in [2.75, 3.05) is 13.2 Å². The molecule has 19 heavy (non-hydrogen) atoms. The topological polar surface area (TPSA) is 50.4 Å². The molecule has 0 radical (unpaired) electrons. The highest BCUT2D eigenvalue weighted by Gasteiger charge is 2.22. The smallest absolute Gasteiger partial charge is 0.315 e. The lowest BCUT2D eigenvalue weighted by atomic mass is 10.1. The van der Waals surface area contributed by atoms with Crippen LogP contribution in [0, 0.1) is 0 Å². The van der Waals surface area contributed by atoms with E-state index >= 15 is 0 Å². The van der Waals surface area contributed by atoms with Crippen molar-refractivity contribution in [3.8, 4) is 0 Å². The van der Waals surface area contributed by atoms with Gasteiger partial charge in [-0.25, -0.2) is 4.79 Å². The molecule has 0 aromatic heterocycles. The third-order valence-corrected chi connectivity index (χ3v) is 3.28. The van der Waals surface area contributed by atoms with Crippen molar-refractivity contribution in [2.45, 2.75) is 38.8 Å². The Balaban J connectivity index is 1.75. The molecule has 0 heterocycles. The fourth-order valence-electron chi connectivity index (χ4n) is 2.38. The second-order valence-electron chi connectivity index (χ2n) is 5.11. The summed E-state index contributed by atoms with van der Waals surface area (Å²) in [5.41, 5.74) is 2.59. The number of carbonyl (C=O) groups excluding carboxylic acids is 1. The van der Waals surface area contributed by atoms with Crippen molar-refractivity contribution in [3.63, 3.8) is 0 Å². The molecule has 0 aliphatic heterocycles. The zero-order valence-corrected chi connectivity index (χ0v) is 11.6. The second-order valence-corrected chi connectivity index (χ2v) is 5.11. The molecule has 2 rings (SSSR count). The molecule has 0 spiro atoms. The summed E-state index contributed by atoms with van der Waals surface area (Å²) in [5.74, 6) is 0. The van der Waals surface area contributed by atoms with Crippen molar-refractivity contribution < 1.29 is 9.53 Å². The highest BCUT2D eigenvalue weighted by Crippen LogP contribution is 2.30. The molecule has 1 aromatic carbocycles. The zero-order chi connectivity index (χ0) is 13.7. The van der Waals surface area contributed by atoms with Crippen molar-refractivity contribution >= 4 is 6.03 Å². The number of urea groups is 1. The summed E-state index contributed by atoms with van der Waals surface area (Å²) < 4.78 is 5.38. The molecule has 1 atom stereocenters. The van der Waals surface area contributed by atoms with Crippen molar-refractivity contribution in [1.29, 1.82) is 0 Å². The fourth-order valence-corrected chi connectivity index (χ4v) is 2.38. The lowest BCUT2D eigenvalue weighted by Crippen LogP contribution is -2.39. The number of ether oxygens (including phenoxy) is 1. The molecule has 0 saturated heterocycles. The second kappa shape index (κ2) is 6.57. The van der Waals surface area contributed by atoms with Gasteiger partial charge in [-0.3, -0.25) is 0 Å². The van der Waals surface area contributed by atoms with Gasteiger partial charge in [-0.15, -0.1) is 0 Å². The van der Waals surface area contributed by atoms with E-state index < -0.39 is 0 Å². The van der Waals surface area contributed by atoms with Crippen LogP contribution >= 0.6 is 0 Å². The van der Waals surface area contributed by atoms with Gasteiger partial charge in [0.2, 0.25) is 0 Å². The summed E-state index contributed by atoms with van der Waals surface area (Å²) in [6.45, 7) is 5.05. The Hall–Kier alpha value is -1.55. The van der Waals surface area contributed by atoms with Crippen LogP contribution in [0.1, 0.15) is 37.4 Å². The molecule has 0 saturated carbocycles. The maximum atomic E-state index is 11.8. The zero-order valence-electron chi connectivity index (χ0n) is 11.6. The Morgan fingerprint density at radius 1 is 1.42 bits per heavy atom. The minimum atomic E-state index is -0.117. The first kappa shape index (κ1) is 13.9. The quantitative estimate of drug-likeness (QED) is 0.801. The van der Waals surface area contributed by atoms with Gasteiger partial charge in [0.1, 0.15) is 0 Å². The average molecular weight is 262 g/mol. The summed E-state index contributed by atoms with van der Waals surface area (Å²) in [5, 5.41) is 5.84. The Morgan fingerprint density at radius 3 is 3.00 bits per heavy atom. The summed E-state index contributed by atoms with van der Waals surface area (Å²) in [6, 6.07) is 8.31. The fraction of sp³-hybridized carbons (Fsp3) is 0.533. The first-order valence-electron chi connectivity index (χ1n) is 6.90. The molecule has 4 nitrogen and oxygen atoms in total. The summed E-state index contributed by atoms with van der Waals surface area (Å²) in [7, 11) is 0. The van der Waals surface area contributed by atoms with Crippen LogP contribution in [-0.4, -0.2) is 25.3 Å². The third-order valence-electron chi connectivity index (χ3n) is 3.28. The summed E-state index contributed by atoms with van der Waals surface area (Å²) in [4.78, 5) is 11.8. The van der Waals surface area contributed by atoms with E-state index in [1.165, 1.54) is 11.1 Å². The molecule has 4 heteroatoms. The van der Waals surface area contributed by atoms with E-state index in [1.54, 1.807) is 0 Å². The Labute approximate surface area is 114 Å². The molecule has 2 amide bonds. The Morgan fingerprint density at radius 2 is 2.21 bits per heavy atom. The van der Waals surface area contributed by atoms with E-state index in [0.717, 1.165) is 12.8 Å². The van der Waals surface area contributed by atoms with E-state index in [1.807, 2.05) is 26.0 Å². The molecular weight excluding hydrogens is 240 g/mol. The molecule has 0 unspecified atom stereocenters. The highest BCUT2D eigenvalue weighted by molar-refractivity contribution is 5.74. The molecule has 0 fully saturated rings. The van der Waals surface area contributed by atoms with Crippen LogP contribution in [0.5, 0.6) is 0 Å². The molecule has 0 bridgehead atoms. The SMILES string of the molecule is CC(C)OCCNC(=O)N[C@H]1CCc2ccccc21. The van der Waals surface area contributed by atoms with E-state index in [0.29, 0.717) is 13.2 Å². The Kier molecular flexibility index (Phi) is 4.80. The van der Waals surface area contributed by atoms with E-state index in [9.17, 15) is 4.79 Å². The number of benzene rings is 1. The first-order valence-corrected chi connectivity index (χ1v) is 6.90. The minimum Gasteiger partial charge on any atom is -0.377 e. The van der Waals surface area contributed by atoms with Crippen molar-refractivity contribution in [1.82, 2.24) is 10.6 Å². The largest absolute Gasteiger partial charge is 0.377 e. The van der Waals surface area contributed by atoms with Gasteiger partial charge >= 0.3 is 6.03 Å². The van der Waals surface area contributed by atoms with Crippen LogP contribution in [-0.2, 0) is 11.2 Å². The average Bonchev–Trinajstić information content (AvgIpc) is 2.78. The van der Waals surface area contributed by atoms with Crippen molar-refractivity contribution in [2.24, 2.45) is 0 Å². The predicted molar refractivity (Wildman–Crippen MR) is 75.1 cm³/mol. The molecule has 104 valence electrons. The van der Waals surface area contributed by atoms with Gasteiger partial charge in [0.05, 0.1) is 18.8 Å². The number of rotatable bonds is 5. The van der Waals surface area contributed by atoms with Crippen LogP contribution in [0.25, 0.3) is 0 Å². The van der Waals surface area contributed by atoms with Crippen LogP contribution < -0.4 is 10.6 Å². The predicted octanol–water partition coefficient (Wildman–Crippen LogP) is 2.40. The van der Waals surface area contributed by atoms with Crippen LogP contribution in [0.3, 0.4) is 0 Å². The number of nitrogens with one attached hydrogen (secondary N) is 2. The number of carbonyl (C=O) groups is 1.